The molecule has 0 saturated heterocycles. The van der Waals surface area contributed by atoms with Crippen molar-refractivity contribution in [3.8, 4) is 0 Å². The minimum Gasteiger partial charge on any atom is -0.469 e. The van der Waals surface area contributed by atoms with Gasteiger partial charge >= 0.3 is 5.97 Å². The molecule has 0 heterocycles. The number of esters is 1. The maximum absolute atomic E-state index is 11.1. The summed E-state index contributed by atoms with van der Waals surface area (Å²) in [5.41, 5.74) is 3.18. The van der Waals surface area contributed by atoms with Crippen LogP contribution in [0.15, 0.2) is 78.9 Å². The van der Waals surface area contributed by atoms with Crippen LogP contribution in [0.1, 0.15) is 68.6 Å². The molecule has 0 radical (unpaired) electrons. The Balaban J connectivity index is 1.79. The Labute approximate surface area is 181 Å². The molecule has 2 rings (SSSR count). The molecule has 0 amide bonds. The highest BCUT2D eigenvalue weighted by molar-refractivity contribution is 5.69. The van der Waals surface area contributed by atoms with Gasteiger partial charge in [0.2, 0.25) is 0 Å². The molecule has 0 saturated carbocycles. The van der Waals surface area contributed by atoms with E-state index in [0.717, 1.165) is 55.2 Å². The first-order valence-corrected chi connectivity index (χ1v) is 10.9. The Hall–Kier alpha value is -2.65. The van der Waals surface area contributed by atoms with E-state index in [4.69, 9.17) is 0 Å². The third kappa shape index (κ3) is 9.23. The van der Waals surface area contributed by atoms with Crippen molar-refractivity contribution in [2.24, 2.45) is 0 Å². The Kier molecular flexibility index (Phi) is 11.3. The van der Waals surface area contributed by atoms with Crippen molar-refractivity contribution in [3.05, 3.63) is 90.0 Å². The lowest BCUT2D eigenvalue weighted by Gasteiger charge is -2.11. The van der Waals surface area contributed by atoms with E-state index in [1.54, 1.807) is 0 Å². The zero-order valence-corrected chi connectivity index (χ0v) is 18.0. The molecule has 1 N–H and O–H groups in total. The predicted octanol–water partition coefficient (Wildman–Crippen LogP) is 6.65. The van der Waals surface area contributed by atoms with Crippen molar-refractivity contribution in [3.63, 3.8) is 0 Å². The largest absolute Gasteiger partial charge is 0.469 e. The van der Waals surface area contributed by atoms with E-state index in [1.165, 1.54) is 13.5 Å². The van der Waals surface area contributed by atoms with E-state index in [9.17, 15) is 9.90 Å². The van der Waals surface area contributed by atoms with Crippen LogP contribution < -0.4 is 0 Å². The predicted molar refractivity (Wildman–Crippen MR) is 124 cm³/mol. The van der Waals surface area contributed by atoms with Gasteiger partial charge in [-0.25, -0.2) is 0 Å². The highest BCUT2D eigenvalue weighted by Crippen LogP contribution is 2.24. The highest BCUT2D eigenvalue weighted by Gasteiger charge is 2.07. The number of aliphatic hydroxyl groups is 1. The molecule has 3 nitrogen and oxygen atoms in total. The molecule has 160 valence electrons. The van der Waals surface area contributed by atoms with Crippen molar-refractivity contribution in [1.82, 2.24) is 0 Å². The minimum atomic E-state index is -0.611. The fraction of sp³-hybridized carbons (Fsp3) is 0.370. The molecule has 0 aromatic heterocycles. The summed E-state index contributed by atoms with van der Waals surface area (Å²) in [6.45, 7) is 0. The maximum Gasteiger partial charge on any atom is 0.305 e. The number of carbonyl (C=O) groups excluding carboxylic acids is 1. The summed E-state index contributed by atoms with van der Waals surface area (Å²) in [5.74, 6) is -0.113. The smallest absolute Gasteiger partial charge is 0.305 e. The van der Waals surface area contributed by atoms with Gasteiger partial charge < -0.3 is 9.84 Å². The molecule has 0 aliphatic rings. The Morgan fingerprint density at radius 3 is 2.23 bits per heavy atom. The molecular formula is C27H34O3. The first kappa shape index (κ1) is 23.6. The summed E-state index contributed by atoms with van der Waals surface area (Å²) in [7, 11) is 1.44. The van der Waals surface area contributed by atoms with Gasteiger partial charge in [-0.1, -0.05) is 92.1 Å². The molecular weight excluding hydrogens is 372 g/mol. The molecule has 1 unspecified atom stereocenters. The van der Waals surface area contributed by atoms with E-state index in [2.05, 4.69) is 29.0 Å². The normalized spacial score (nSPS) is 12.8. The van der Waals surface area contributed by atoms with Gasteiger partial charge in [0.25, 0.3) is 0 Å². The van der Waals surface area contributed by atoms with Gasteiger partial charge in [0.1, 0.15) is 0 Å². The van der Waals surface area contributed by atoms with Crippen LogP contribution in [0.2, 0.25) is 0 Å². The van der Waals surface area contributed by atoms with Crippen LogP contribution in [0.3, 0.4) is 0 Å². The van der Waals surface area contributed by atoms with Crippen LogP contribution in [0, 0.1) is 0 Å². The summed E-state index contributed by atoms with van der Waals surface area (Å²) >= 11 is 0. The number of aliphatic hydroxyl groups excluding tert-OH is 1. The molecule has 30 heavy (non-hydrogen) atoms. The average molecular weight is 407 g/mol. The first-order valence-electron chi connectivity index (χ1n) is 10.9. The number of unbranched alkanes of at least 4 members (excludes halogenated alkanes) is 5. The lowest BCUT2D eigenvalue weighted by Crippen LogP contribution is -1.99. The summed E-state index contributed by atoms with van der Waals surface area (Å²) in [6.07, 6.45) is 13.7. The number of hydrogen-bond acceptors (Lipinski definition) is 3. The molecule has 0 spiro atoms. The molecule has 0 fully saturated rings. The van der Waals surface area contributed by atoms with Crippen LogP contribution in [-0.4, -0.2) is 18.2 Å². The SMILES string of the molecule is COC(=O)CCCCCCC/C=C/C/C(=C/C(O)c1ccccc1)c1ccccc1. The van der Waals surface area contributed by atoms with Crippen molar-refractivity contribution in [2.45, 2.75) is 57.5 Å². The minimum absolute atomic E-state index is 0.113. The van der Waals surface area contributed by atoms with Crippen molar-refractivity contribution >= 4 is 11.5 Å². The zero-order valence-electron chi connectivity index (χ0n) is 18.0. The van der Waals surface area contributed by atoms with Crippen LogP contribution in [0.5, 0.6) is 0 Å². The van der Waals surface area contributed by atoms with Crippen LogP contribution in [0.25, 0.3) is 5.57 Å². The maximum atomic E-state index is 11.1. The summed E-state index contributed by atoms with van der Waals surface area (Å²) < 4.78 is 4.65. The Morgan fingerprint density at radius 1 is 0.900 bits per heavy atom. The van der Waals surface area contributed by atoms with Gasteiger partial charge in [-0.15, -0.1) is 0 Å². The summed E-state index contributed by atoms with van der Waals surface area (Å²) in [6, 6.07) is 20.0. The fourth-order valence-electron chi connectivity index (χ4n) is 3.36. The van der Waals surface area contributed by atoms with Crippen LogP contribution in [-0.2, 0) is 9.53 Å². The Bertz CT molecular complexity index is 778. The monoisotopic (exact) mass is 406 g/mol. The van der Waals surface area contributed by atoms with E-state index >= 15 is 0 Å². The highest BCUT2D eigenvalue weighted by atomic mass is 16.5. The van der Waals surface area contributed by atoms with E-state index in [1.807, 2.05) is 54.6 Å². The second kappa shape index (κ2) is 14.4. The fourth-order valence-corrected chi connectivity index (χ4v) is 3.36. The van der Waals surface area contributed by atoms with Gasteiger partial charge in [-0.05, 0) is 48.5 Å². The molecule has 1 atom stereocenters. The number of allylic oxidation sites excluding steroid dienone is 3. The summed E-state index contributed by atoms with van der Waals surface area (Å²) in [4.78, 5) is 11.1. The van der Waals surface area contributed by atoms with Crippen molar-refractivity contribution < 1.29 is 14.6 Å². The second-order valence-corrected chi connectivity index (χ2v) is 7.47. The number of ether oxygens (including phenoxy) is 1. The molecule has 0 aliphatic carbocycles. The van der Waals surface area contributed by atoms with E-state index in [-0.39, 0.29) is 5.97 Å². The molecule has 3 heteroatoms. The lowest BCUT2D eigenvalue weighted by molar-refractivity contribution is -0.140. The average Bonchev–Trinajstić information content (AvgIpc) is 2.80. The second-order valence-electron chi connectivity index (χ2n) is 7.47. The zero-order chi connectivity index (χ0) is 21.4. The number of benzene rings is 2. The topological polar surface area (TPSA) is 46.5 Å². The van der Waals surface area contributed by atoms with E-state index < -0.39 is 6.10 Å². The number of methoxy groups -OCH3 is 1. The van der Waals surface area contributed by atoms with Crippen LogP contribution in [0.4, 0.5) is 0 Å². The van der Waals surface area contributed by atoms with Gasteiger partial charge in [-0.2, -0.15) is 0 Å². The van der Waals surface area contributed by atoms with Crippen LogP contribution >= 0.6 is 0 Å². The van der Waals surface area contributed by atoms with Crippen molar-refractivity contribution in [1.29, 1.82) is 0 Å². The van der Waals surface area contributed by atoms with Gasteiger partial charge in [0, 0.05) is 6.42 Å². The Morgan fingerprint density at radius 2 is 1.53 bits per heavy atom. The first-order chi connectivity index (χ1) is 14.7. The van der Waals surface area contributed by atoms with Crippen molar-refractivity contribution in [2.75, 3.05) is 7.11 Å². The quantitative estimate of drug-likeness (QED) is 0.230. The van der Waals surface area contributed by atoms with E-state index in [0.29, 0.717) is 6.42 Å². The summed E-state index contributed by atoms with van der Waals surface area (Å²) in [5, 5.41) is 10.6. The lowest BCUT2D eigenvalue weighted by atomic mass is 9.98. The van der Waals surface area contributed by atoms with Gasteiger partial charge in [0.15, 0.2) is 0 Å². The van der Waals surface area contributed by atoms with Gasteiger partial charge in [0.05, 0.1) is 13.2 Å². The molecule has 0 aliphatic heterocycles. The number of rotatable bonds is 13. The van der Waals surface area contributed by atoms with Gasteiger partial charge in [-0.3, -0.25) is 4.79 Å². The standard InChI is InChI=1S/C27H34O3/c1-30-27(29)21-15-7-5-3-2-4-6-10-20-25(23-16-11-8-12-17-23)22-26(28)24-18-13-9-14-19-24/h6,8-14,16-19,22,26,28H,2-5,7,15,20-21H2,1H3/b10-6+,25-22-. The third-order valence-corrected chi connectivity index (χ3v) is 5.13. The molecule has 0 bridgehead atoms. The third-order valence-electron chi connectivity index (χ3n) is 5.13. The number of hydrogen-bond donors (Lipinski definition) is 1. The number of carbonyl (C=O) groups is 1. The molecule has 2 aromatic carbocycles. The molecule has 2 aromatic rings.